The second kappa shape index (κ2) is 14.6. The number of benzene rings is 4. The molecule has 0 aliphatic rings. The first-order valence-electron chi connectivity index (χ1n) is 15.3. The molecule has 2 amide bonds. The molecule has 0 aliphatic heterocycles. The molecule has 2 heterocycles. The monoisotopic (exact) mass is 642 g/mol. The molecule has 230 valence electrons. The first-order valence-corrected chi connectivity index (χ1v) is 17.4. The van der Waals surface area contributed by atoms with Crippen molar-refractivity contribution in [2.24, 2.45) is 0 Å². The summed E-state index contributed by atoms with van der Waals surface area (Å²) in [5.41, 5.74) is 5.11. The Hall–Kier alpha value is -4.66. The van der Waals surface area contributed by atoms with E-state index in [-0.39, 0.29) is 23.7 Å². The molecule has 0 radical (unpaired) electrons. The van der Waals surface area contributed by atoms with Crippen molar-refractivity contribution in [2.75, 3.05) is 13.1 Å². The van der Waals surface area contributed by atoms with Crippen LogP contribution < -0.4 is 10.6 Å². The van der Waals surface area contributed by atoms with Crippen molar-refractivity contribution in [2.45, 2.75) is 35.5 Å². The Labute approximate surface area is 276 Å². The summed E-state index contributed by atoms with van der Waals surface area (Å²) in [6, 6.07) is 35.7. The van der Waals surface area contributed by atoms with Crippen LogP contribution >= 0.6 is 21.6 Å². The molecule has 8 heteroatoms. The molecule has 6 nitrogen and oxygen atoms in total. The summed E-state index contributed by atoms with van der Waals surface area (Å²) in [6.07, 6.45) is 3.38. The van der Waals surface area contributed by atoms with Gasteiger partial charge in [-0.3, -0.25) is 19.6 Å². The number of hydrogen-bond acceptors (Lipinski definition) is 6. The summed E-state index contributed by atoms with van der Waals surface area (Å²) in [6.45, 7) is 5.29. The molecule has 6 rings (SSSR count). The van der Waals surface area contributed by atoms with E-state index in [1.807, 2.05) is 72.8 Å². The van der Waals surface area contributed by atoms with Crippen molar-refractivity contribution in [3.8, 4) is 0 Å². The van der Waals surface area contributed by atoms with Crippen molar-refractivity contribution in [3.05, 3.63) is 144 Å². The average molecular weight is 643 g/mol. The number of nitrogens with one attached hydrogen (secondary N) is 2. The minimum absolute atomic E-state index is 0.118. The van der Waals surface area contributed by atoms with Crippen LogP contribution in [0.5, 0.6) is 0 Å². The lowest BCUT2D eigenvalue weighted by Gasteiger charge is -2.15. The van der Waals surface area contributed by atoms with Gasteiger partial charge in [0.1, 0.15) is 0 Å². The number of para-hydroxylation sites is 2. The number of aromatic nitrogens is 2. The largest absolute Gasteiger partial charge is 0.351 e. The van der Waals surface area contributed by atoms with Gasteiger partial charge in [0.15, 0.2) is 0 Å². The Kier molecular flexibility index (Phi) is 9.96. The van der Waals surface area contributed by atoms with Crippen molar-refractivity contribution in [1.82, 2.24) is 20.6 Å². The predicted octanol–water partition coefficient (Wildman–Crippen LogP) is 8.65. The van der Waals surface area contributed by atoms with Crippen LogP contribution in [0.4, 0.5) is 0 Å². The Morgan fingerprint density at radius 2 is 0.978 bits per heavy atom. The van der Waals surface area contributed by atoms with E-state index in [2.05, 4.69) is 58.7 Å². The molecule has 0 aliphatic carbocycles. The number of carbonyl (C=O) groups excluding carboxylic acids is 2. The van der Waals surface area contributed by atoms with Gasteiger partial charge >= 0.3 is 0 Å². The first-order chi connectivity index (χ1) is 22.5. The van der Waals surface area contributed by atoms with Gasteiger partial charge in [-0.05, 0) is 47.2 Å². The van der Waals surface area contributed by atoms with E-state index < -0.39 is 0 Å². The zero-order valence-electron chi connectivity index (χ0n) is 25.6. The molecule has 2 atom stereocenters. The van der Waals surface area contributed by atoms with Crippen LogP contribution in [-0.2, 0) is 0 Å². The summed E-state index contributed by atoms with van der Waals surface area (Å²) >= 11 is 0. The quantitative estimate of drug-likeness (QED) is 0.138. The molecule has 4 aromatic carbocycles. The Morgan fingerprint density at radius 3 is 1.39 bits per heavy atom. The maximum atomic E-state index is 13.3. The Balaban J connectivity index is 1.17. The van der Waals surface area contributed by atoms with Crippen LogP contribution in [0.1, 0.15) is 57.5 Å². The van der Waals surface area contributed by atoms with Gasteiger partial charge in [0.2, 0.25) is 0 Å². The van der Waals surface area contributed by atoms with Gasteiger partial charge in [-0.15, -0.1) is 0 Å². The van der Waals surface area contributed by atoms with Crippen LogP contribution in [0, 0.1) is 0 Å². The van der Waals surface area contributed by atoms with Crippen LogP contribution in [0.25, 0.3) is 21.8 Å². The van der Waals surface area contributed by atoms with E-state index in [1.54, 1.807) is 46.1 Å². The predicted molar refractivity (Wildman–Crippen MR) is 190 cm³/mol. The molecule has 6 aromatic rings. The van der Waals surface area contributed by atoms with Gasteiger partial charge < -0.3 is 10.6 Å². The van der Waals surface area contributed by atoms with E-state index in [4.69, 9.17) is 0 Å². The highest BCUT2D eigenvalue weighted by molar-refractivity contribution is 8.76. The normalized spacial score (nSPS) is 12.5. The number of amides is 2. The van der Waals surface area contributed by atoms with E-state index in [1.165, 1.54) is 11.1 Å². The van der Waals surface area contributed by atoms with Crippen LogP contribution in [0.15, 0.2) is 131 Å². The number of rotatable bonds is 11. The highest BCUT2D eigenvalue weighted by Gasteiger charge is 2.17. The van der Waals surface area contributed by atoms with Gasteiger partial charge in [-0.25, -0.2) is 0 Å². The van der Waals surface area contributed by atoms with Gasteiger partial charge in [-0.1, -0.05) is 120 Å². The lowest BCUT2D eigenvalue weighted by molar-refractivity contribution is 0.0945. The van der Waals surface area contributed by atoms with Crippen LogP contribution in [-0.4, -0.2) is 34.9 Å². The summed E-state index contributed by atoms with van der Waals surface area (Å²) in [5, 5.41) is 7.82. The van der Waals surface area contributed by atoms with Crippen molar-refractivity contribution >= 4 is 55.2 Å². The van der Waals surface area contributed by atoms with E-state index >= 15 is 0 Å². The molecule has 46 heavy (non-hydrogen) atoms. The fourth-order valence-electron chi connectivity index (χ4n) is 5.40. The minimum Gasteiger partial charge on any atom is -0.351 e. The molecule has 0 fully saturated rings. The van der Waals surface area contributed by atoms with Crippen LogP contribution in [0.2, 0.25) is 0 Å². The summed E-state index contributed by atoms with van der Waals surface area (Å²) in [4.78, 5) is 37.8. The lowest BCUT2D eigenvalue weighted by atomic mass is 10.0. The van der Waals surface area contributed by atoms with Crippen molar-refractivity contribution in [3.63, 3.8) is 0 Å². The standard InChI is InChI=1S/C38H34N4O2S2/c1-25(27-11-5-3-6-12-27)23-41-37(43)31-19-21-39-35-29(31)15-9-17-33(35)45-46-34-18-10-16-30-32(20-22-40-36(30)34)38(44)42-24-26(2)28-13-7-4-8-14-28/h3-22,25-26H,23-24H2,1-2H3,(H,41,43)(H,42,44). The lowest BCUT2D eigenvalue weighted by Crippen LogP contribution is -2.27. The highest BCUT2D eigenvalue weighted by atomic mass is 33.1. The maximum absolute atomic E-state index is 13.3. The highest BCUT2D eigenvalue weighted by Crippen LogP contribution is 2.42. The van der Waals surface area contributed by atoms with Crippen molar-refractivity contribution < 1.29 is 9.59 Å². The molecule has 0 saturated carbocycles. The molecule has 2 unspecified atom stereocenters. The zero-order valence-corrected chi connectivity index (χ0v) is 27.3. The van der Waals surface area contributed by atoms with E-state index in [0.29, 0.717) is 24.2 Å². The Bertz CT molecular complexity index is 1840. The van der Waals surface area contributed by atoms with Crippen molar-refractivity contribution in [1.29, 1.82) is 0 Å². The molecular weight excluding hydrogens is 609 g/mol. The molecular formula is C38H34N4O2S2. The number of hydrogen-bond donors (Lipinski definition) is 2. The smallest absolute Gasteiger partial charge is 0.252 e. The fourth-order valence-corrected chi connectivity index (χ4v) is 7.68. The molecule has 0 saturated heterocycles. The molecule has 2 aromatic heterocycles. The average Bonchev–Trinajstić information content (AvgIpc) is 3.11. The van der Waals surface area contributed by atoms with E-state index in [0.717, 1.165) is 31.6 Å². The number of fused-ring (bicyclic) bond motifs is 2. The maximum Gasteiger partial charge on any atom is 0.252 e. The zero-order chi connectivity index (χ0) is 31.9. The van der Waals surface area contributed by atoms with Crippen LogP contribution in [0.3, 0.4) is 0 Å². The SMILES string of the molecule is CC(CNC(=O)c1ccnc2c(SSc3cccc4c(C(=O)NCC(C)c5ccccc5)ccnc34)cccc12)c1ccccc1. The molecule has 0 bridgehead atoms. The molecule has 0 spiro atoms. The minimum atomic E-state index is -0.118. The summed E-state index contributed by atoms with van der Waals surface area (Å²) in [7, 11) is 3.12. The molecule has 2 N–H and O–H groups in total. The number of carbonyl (C=O) groups is 2. The van der Waals surface area contributed by atoms with E-state index in [9.17, 15) is 9.59 Å². The fraction of sp³-hybridized carbons (Fsp3) is 0.158. The number of pyridine rings is 2. The van der Waals surface area contributed by atoms with Gasteiger partial charge in [0, 0.05) is 46.0 Å². The Morgan fingerprint density at radius 1 is 0.565 bits per heavy atom. The third-order valence-corrected chi connectivity index (χ3v) is 10.5. The topological polar surface area (TPSA) is 84.0 Å². The summed E-state index contributed by atoms with van der Waals surface area (Å²) in [5.74, 6) is 0.151. The second-order valence-electron chi connectivity index (χ2n) is 11.2. The first kappa shape index (κ1) is 31.3. The third-order valence-electron chi connectivity index (χ3n) is 8.05. The third kappa shape index (κ3) is 7.09. The van der Waals surface area contributed by atoms with Gasteiger partial charge in [0.25, 0.3) is 11.8 Å². The summed E-state index contributed by atoms with van der Waals surface area (Å²) < 4.78 is 0. The van der Waals surface area contributed by atoms with Gasteiger partial charge in [0.05, 0.1) is 22.2 Å². The van der Waals surface area contributed by atoms with Gasteiger partial charge in [-0.2, -0.15) is 0 Å². The second-order valence-corrected chi connectivity index (χ2v) is 13.4. The number of nitrogens with zero attached hydrogens (tertiary/aromatic N) is 2.